The molecule has 0 amide bonds. The van der Waals surface area contributed by atoms with E-state index in [-0.39, 0.29) is 29.6 Å². The van der Waals surface area contributed by atoms with Crippen LogP contribution in [0, 0.1) is 6.07 Å². The predicted octanol–water partition coefficient (Wildman–Crippen LogP) is -1.44. The van der Waals surface area contributed by atoms with Crippen molar-refractivity contribution in [2.45, 2.75) is 0 Å². The molecule has 0 saturated carbocycles. The third-order valence-electron chi connectivity index (χ3n) is 1.71. The summed E-state index contributed by atoms with van der Waals surface area (Å²) in [6, 6.07) is 14.7. The Morgan fingerprint density at radius 2 is 1.94 bits per heavy atom. The van der Waals surface area contributed by atoms with Gasteiger partial charge in [-0.25, -0.2) is 4.21 Å². The van der Waals surface area contributed by atoms with E-state index >= 15 is 0 Å². The molecule has 0 aliphatic heterocycles. The normalized spacial score (nSPS) is 10.9. The fourth-order valence-corrected chi connectivity index (χ4v) is 1.14. The number of hydrogen-bond donors (Lipinski definition) is 2. The number of nitrogens with two attached hydrogens (primary N) is 1. The first kappa shape index (κ1) is 15.6. The molecule has 0 bridgehead atoms. The van der Waals surface area contributed by atoms with Gasteiger partial charge < -0.3 is 14.8 Å². The van der Waals surface area contributed by atoms with Crippen LogP contribution in [-0.2, 0) is 11.4 Å². The average molecular weight is 246 g/mol. The van der Waals surface area contributed by atoms with Gasteiger partial charge in [0.1, 0.15) is 0 Å². The molecule has 0 radical (unpaired) electrons. The van der Waals surface area contributed by atoms with Gasteiger partial charge in [0, 0.05) is 5.69 Å². The first-order valence-corrected chi connectivity index (χ1v) is 5.06. The van der Waals surface area contributed by atoms with Gasteiger partial charge in [-0.15, -0.1) is 16.8 Å². The van der Waals surface area contributed by atoms with Crippen molar-refractivity contribution in [3.05, 3.63) is 42.5 Å². The van der Waals surface area contributed by atoms with Gasteiger partial charge in [-0.3, -0.25) is 0 Å². The van der Waals surface area contributed by atoms with Gasteiger partial charge in [0.25, 0.3) is 0 Å². The molecule has 0 aliphatic carbocycles. The quantitative estimate of drug-likeness (QED) is 0.258. The number of fused-ring (bicyclic) bond motifs is 1. The Morgan fingerprint density at radius 3 is 2.56 bits per heavy atom. The van der Waals surface area contributed by atoms with Crippen LogP contribution in [0.1, 0.15) is 0 Å². The Morgan fingerprint density at radius 1 is 1.31 bits per heavy atom. The summed E-state index contributed by atoms with van der Waals surface area (Å²) in [5.74, 6) is 0. The van der Waals surface area contributed by atoms with Crippen molar-refractivity contribution in [2.75, 3.05) is 5.73 Å². The van der Waals surface area contributed by atoms with Crippen LogP contribution in [0.25, 0.3) is 10.8 Å². The van der Waals surface area contributed by atoms with Gasteiger partial charge in [0.05, 0.1) is 11.4 Å². The summed E-state index contributed by atoms with van der Waals surface area (Å²) in [5, 5.41) is 2.35. The largest absolute Gasteiger partial charge is 1.00 e. The minimum atomic E-state index is -2.86. The zero-order valence-corrected chi connectivity index (χ0v) is 11.5. The van der Waals surface area contributed by atoms with Crippen LogP contribution in [0.2, 0.25) is 0 Å². The summed E-state index contributed by atoms with van der Waals surface area (Å²) < 4.78 is 24.1. The van der Waals surface area contributed by atoms with E-state index in [4.69, 9.17) is 19.0 Å². The predicted molar refractivity (Wildman–Crippen MR) is 58.7 cm³/mol. The van der Waals surface area contributed by atoms with Crippen molar-refractivity contribution >= 4 is 27.8 Å². The second-order valence-corrected chi connectivity index (χ2v) is 3.18. The number of hydrogen-bond acceptors (Lipinski definition) is 3. The molecule has 0 spiro atoms. The molecule has 0 aromatic heterocycles. The molecule has 1 atom stereocenters. The summed E-state index contributed by atoms with van der Waals surface area (Å²) in [7, 11) is 0. The first-order valence-electron chi connectivity index (χ1n) is 4.03. The van der Waals surface area contributed by atoms with Gasteiger partial charge >= 0.3 is 29.6 Å². The van der Waals surface area contributed by atoms with Crippen molar-refractivity contribution in [3.8, 4) is 0 Å². The number of benzene rings is 2. The fraction of sp³-hybridized carbons (Fsp3) is 0. The maximum absolute atomic E-state index is 8.56. The Labute approximate surface area is 118 Å². The van der Waals surface area contributed by atoms with Crippen molar-refractivity contribution in [2.24, 2.45) is 0 Å². The van der Waals surface area contributed by atoms with Crippen LogP contribution in [0.15, 0.2) is 36.4 Å². The standard InChI is InChI=1S/C10H8N.Na.H2O3S/c11-10-6-5-8-3-1-2-4-9(8)7-10;;1-4(2)3/h2-7H,11H2;;(H2,1,2,3)/q-1;+1;/p-1. The van der Waals surface area contributed by atoms with Crippen LogP contribution in [-0.4, -0.2) is 13.3 Å². The number of nitrogen functional groups attached to an aromatic ring is 1. The van der Waals surface area contributed by atoms with E-state index in [9.17, 15) is 0 Å². The summed E-state index contributed by atoms with van der Waals surface area (Å²) in [5.41, 5.74) is 6.42. The number of anilines is 1. The molecule has 4 nitrogen and oxygen atoms in total. The van der Waals surface area contributed by atoms with Gasteiger partial charge in [-0.1, -0.05) is 12.1 Å². The second-order valence-electron chi connectivity index (χ2n) is 2.75. The first-order chi connectivity index (χ1) is 7.09. The summed E-state index contributed by atoms with van der Waals surface area (Å²) in [6.45, 7) is 0. The molecule has 16 heavy (non-hydrogen) atoms. The minimum Gasteiger partial charge on any atom is -0.750 e. The average Bonchev–Trinajstić information content (AvgIpc) is 2.16. The van der Waals surface area contributed by atoms with Crippen LogP contribution >= 0.6 is 0 Å². The van der Waals surface area contributed by atoms with Crippen LogP contribution in [0.4, 0.5) is 5.69 Å². The molecular weight excluding hydrogens is 237 g/mol. The van der Waals surface area contributed by atoms with Crippen molar-refractivity contribution in [3.63, 3.8) is 0 Å². The molecule has 80 valence electrons. The smallest absolute Gasteiger partial charge is 0.750 e. The molecule has 0 heterocycles. The summed E-state index contributed by atoms with van der Waals surface area (Å²) in [6.07, 6.45) is 0. The third kappa shape index (κ3) is 5.60. The molecule has 2 rings (SSSR count). The van der Waals surface area contributed by atoms with Crippen LogP contribution < -0.4 is 35.3 Å². The van der Waals surface area contributed by atoms with Crippen LogP contribution in [0.3, 0.4) is 0 Å². The molecule has 0 aliphatic rings. The monoisotopic (exact) mass is 246 g/mol. The maximum Gasteiger partial charge on any atom is 1.00 e. The van der Waals surface area contributed by atoms with E-state index in [0.717, 1.165) is 5.69 Å². The zero-order valence-electron chi connectivity index (χ0n) is 8.71. The molecule has 0 saturated heterocycles. The van der Waals surface area contributed by atoms with Crippen LogP contribution in [0.5, 0.6) is 0 Å². The zero-order chi connectivity index (χ0) is 11.3. The molecule has 2 aromatic rings. The molecule has 0 fully saturated rings. The fourth-order valence-electron chi connectivity index (χ4n) is 1.14. The molecule has 1 unspecified atom stereocenters. The van der Waals surface area contributed by atoms with E-state index in [1.54, 1.807) is 0 Å². The number of rotatable bonds is 0. The topological polar surface area (TPSA) is 86.4 Å². The maximum atomic E-state index is 8.56. The van der Waals surface area contributed by atoms with Gasteiger partial charge in [-0.2, -0.15) is 24.3 Å². The Hall–Kier alpha value is -0.430. The van der Waals surface area contributed by atoms with Gasteiger partial charge in [0.2, 0.25) is 0 Å². The molecule has 2 aromatic carbocycles. The third-order valence-corrected chi connectivity index (χ3v) is 1.71. The van der Waals surface area contributed by atoms with E-state index in [1.807, 2.05) is 36.4 Å². The van der Waals surface area contributed by atoms with Crippen molar-refractivity contribution in [1.82, 2.24) is 0 Å². The van der Waals surface area contributed by atoms with E-state index < -0.39 is 11.4 Å². The van der Waals surface area contributed by atoms with E-state index in [0.29, 0.717) is 0 Å². The molecule has 3 N–H and O–H groups in total. The van der Waals surface area contributed by atoms with E-state index in [2.05, 4.69) is 6.07 Å². The Kier molecular flexibility index (Phi) is 7.57. The summed E-state index contributed by atoms with van der Waals surface area (Å²) >= 11 is -2.86. The minimum absolute atomic E-state index is 0. The summed E-state index contributed by atoms with van der Waals surface area (Å²) in [4.78, 5) is 0. The molecular formula is C10H9NNaO3S-. The van der Waals surface area contributed by atoms with Gasteiger partial charge in [0.15, 0.2) is 0 Å². The van der Waals surface area contributed by atoms with Crippen molar-refractivity contribution < 1.29 is 42.9 Å². The van der Waals surface area contributed by atoms with E-state index in [1.165, 1.54) is 10.8 Å². The SMILES string of the molecule is Nc1ccc2c[c-]ccc2c1.O=S([O-])O.[Na+]. The van der Waals surface area contributed by atoms with Crippen molar-refractivity contribution in [1.29, 1.82) is 0 Å². The second kappa shape index (κ2) is 7.78. The van der Waals surface area contributed by atoms with Gasteiger partial charge in [-0.05, 0) is 0 Å². The Bertz CT molecular complexity index is 474. The Balaban J connectivity index is 0.000000397. The molecule has 6 heteroatoms.